The van der Waals surface area contributed by atoms with Crippen LogP contribution >= 0.6 is 0 Å². The molecule has 0 amide bonds. The van der Waals surface area contributed by atoms with Gasteiger partial charge in [0.25, 0.3) is 0 Å². The second-order valence-corrected chi connectivity index (χ2v) is 5.80. The van der Waals surface area contributed by atoms with Gasteiger partial charge in [-0.15, -0.1) is 0 Å². The Balaban J connectivity index is 1.93. The van der Waals surface area contributed by atoms with Crippen LogP contribution in [0.15, 0.2) is 0 Å². The topological polar surface area (TPSA) is 38.0 Å². The summed E-state index contributed by atoms with van der Waals surface area (Å²) in [5, 5.41) is 3.59. The van der Waals surface area contributed by atoms with Gasteiger partial charge in [-0.2, -0.15) is 0 Å². The molecule has 2 heteroatoms. The summed E-state index contributed by atoms with van der Waals surface area (Å²) >= 11 is 0. The van der Waals surface area contributed by atoms with Crippen molar-refractivity contribution >= 4 is 0 Å². The van der Waals surface area contributed by atoms with Gasteiger partial charge in [-0.25, -0.2) is 0 Å². The molecule has 0 radical (unpaired) electrons. The van der Waals surface area contributed by atoms with Gasteiger partial charge in [-0.1, -0.05) is 0 Å². The predicted octanol–water partition coefficient (Wildman–Crippen LogP) is 1.36. The normalized spacial score (nSPS) is 55.3. The molecule has 2 nitrogen and oxygen atoms in total. The van der Waals surface area contributed by atoms with E-state index in [9.17, 15) is 0 Å². The molecule has 0 saturated heterocycles. The van der Waals surface area contributed by atoms with E-state index in [0.29, 0.717) is 5.54 Å². The molecule has 14 heavy (non-hydrogen) atoms. The van der Waals surface area contributed by atoms with Crippen molar-refractivity contribution in [1.29, 1.82) is 0 Å². The second-order valence-electron chi connectivity index (χ2n) is 5.80. The molecule has 0 aromatic rings. The molecule has 4 rings (SSSR count). The summed E-state index contributed by atoms with van der Waals surface area (Å²) in [4.78, 5) is 0. The van der Waals surface area contributed by atoms with Gasteiger partial charge in [0.15, 0.2) is 0 Å². The zero-order chi connectivity index (χ0) is 9.76. The summed E-state index contributed by atoms with van der Waals surface area (Å²) in [6.45, 7) is 0.846. The molecule has 0 atom stereocenters. The Kier molecular flexibility index (Phi) is 1.94. The van der Waals surface area contributed by atoms with E-state index in [1.54, 1.807) is 0 Å². The highest BCUT2D eigenvalue weighted by atomic mass is 15.0. The van der Waals surface area contributed by atoms with Crippen molar-refractivity contribution in [2.75, 3.05) is 13.6 Å². The van der Waals surface area contributed by atoms with Crippen LogP contribution in [0.25, 0.3) is 0 Å². The van der Waals surface area contributed by atoms with Gasteiger partial charge in [0.05, 0.1) is 0 Å². The zero-order valence-electron chi connectivity index (χ0n) is 9.13. The first-order valence-corrected chi connectivity index (χ1v) is 6.17. The highest BCUT2D eigenvalue weighted by Gasteiger charge is 2.55. The van der Waals surface area contributed by atoms with Crippen molar-refractivity contribution in [2.24, 2.45) is 29.4 Å². The molecular formula is C12H22N2. The van der Waals surface area contributed by atoms with Gasteiger partial charge in [0.1, 0.15) is 0 Å². The SMILES string of the molecule is CNC1(CN)C2CC3CC(C2)CC1C3. The molecule has 0 aliphatic heterocycles. The highest BCUT2D eigenvalue weighted by molar-refractivity contribution is 5.11. The van der Waals surface area contributed by atoms with Crippen molar-refractivity contribution in [2.45, 2.75) is 37.6 Å². The largest absolute Gasteiger partial charge is 0.329 e. The average Bonchev–Trinajstić information content (AvgIpc) is 2.18. The minimum atomic E-state index is 0.313. The lowest BCUT2D eigenvalue weighted by molar-refractivity contribution is -0.0658. The Hall–Kier alpha value is -0.0800. The minimum absolute atomic E-state index is 0.313. The monoisotopic (exact) mass is 194 g/mol. The van der Waals surface area contributed by atoms with Gasteiger partial charge < -0.3 is 11.1 Å². The van der Waals surface area contributed by atoms with E-state index in [0.717, 1.165) is 30.2 Å². The van der Waals surface area contributed by atoms with E-state index >= 15 is 0 Å². The number of likely N-dealkylation sites (N-methyl/N-ethyl adjacent to an activating group) is 1. The van der Waals surface area contributed by atoms with Crippen LogP contribution in [0.4, 0.5) is 0 Å². The van der Waals surface area contributed by atoms with Gasteiger partial charge in [0.2, 0.25) is 0 Å². The molecule has 0 aromatic carbocycles. The zero-order valence-corrected chi connectivity index (χ0v) is 9.13. The molecule has 4 saturated carbocycles. The number of hydrogen-bond donors (Lipinski definition) is 2. The highest BCUT2D eigenvalue weighted by Crippen LogP contribution is 2.57. The second kappa shape index (κ2) is 2.96. The van der Waals surface area contributed by atoms with Crippen molar-refractivity contribution in [3.05, 3.63) is 0 Å². The molecule has 0 heterocycles. The maximum Gasteiger partial charge on any atom is 0.0358 e. The standard InChI is InChI=1S/C12H22N2/c1-14-12(7-13)10-3-8-2-9(5-10)6-11(12)4-8/h8-11,14H,2-7,13H2,1H3. The van der Waals surface area contributed by atoms with Crippen LogP contribution in [0.2, 0.25) is 0 Å². The minimum Gasteiger partial charge on any atom is -0.329 e. The molecule has 0 spiro atoms. The molecule has 80 valence electrons. The van der Waals surface area contributed by atoms with Crippen molar-refractivity contribution in [3.63, 3.8) is 0 Å². The van der Waals surface area contributed by atoms with E-state index in [4.69, 9.17) is 5.73 Å². The van der Waals surface area contributed by atoms with Gasteiger partial charge in [-0.05, 0) is 62.8 Å². The Labute approximate surface area is 86.6 Å². The van der Waals surface area contributed by atoms with E-state index in [-0.39, 0.29) is 0 Å². The molecule has 4 fully saturated rings. The van der Waals surface area contributed by atoms with E-state index in [1.807, 2.05) is 0 Å². The van der Waals surface area contributed by atoms with E-state index in [1.165, 1.54) is 32.1 Å². The maximum atomic E-state index is 6.04. The van der Waals surface area contributed by atoms with Crippen molar-refractivity contribution < 1.29 is 0 Å². The molecular weight excluding hydrogens is 172 g/mol. The molecule has 4 aliphatic carbocycles. The summed E-state index contributed by atoms with van der Waals surface area (Å²) in [6.07, 6.45) is 7.32. The lowest BCUT2D eigenvalue weighted by atomic mass is 9.48. The Morgan fingerprint density at radius 3 is 1.93 bits per heavy atom. The van der Waals surface area contributed by atoms with E-state index in [2.05, 4.69) is 12.4 Å². The average molecular weight is 194 g/mol. The molecule has 0 unspecified atom stereocenters. The first-order chi connectivity index (χ1) is 6.78. The Bertz CT molecular complexity index is 202. The summed E-state index contributed by atoms with van der Waals surface area (Å²) in [5.74, 6) is 3.86. The van der Waals surface area contributed by atoms with Crippen molar-refractivity contribution in [1.82, 2.24) is 5.32 Å². The van der Waals surface area contributed by atoms with Gasteiger partial charge in [-0.3, -0.25) is 0 Å². The summed E-state index contributed by atoms with van der Waals surface area (Å²) in [5.41, 5.74) is 6.35. The van der Waals surface area contributed by atoms with Gasteiger partial charge >= 0.3 is 0 Å². The fourth-order valence-corrected chi connectivity index (χ4v) is 4.87. The summed E-state index contributed by atoms with van der Waals surface area (Å²) in [7, 11) is 2.12. The van der Waals surface area contributed by atoms with Crippen LogP contribution in [-0.2, 0) is 0 Å². The fourth-order valence-electron chi connectivity index (χ4n) is 4.87. The van der Waals surface area contributed by atoms with Crippen LogP contribution in [0, 0.1) is 23.7 Å². The van der Waals surface area contributed by atoms with E-state index < -0.39 is 0 Å². The van der Waals surface area contributed by atoms with Gasteiger partial charge in [0, 0.05) is 12.1 Å². The number of nitrogens with two attached hydrogens (primary N) is 1. The first kappa shape index (κ1) is 9.17. The predicted molar refractivity (Wildman–Crippen MR) is 57.9 cm³/mol. The van der Waals surface area contributed by atoms with Crippen LogP contribution in [0.5, 0.6) is 0 Å². The third-order valence-corrected chi connectivity index (χ3v) is 5.40. The maximum absolute atomic E-state index is 6.04. The quantitative estimate of drug-likeness (QED) is 0.696. The van der Waals surface area contributed by atoms with Crippen LogP contribution in [0.1, 0.15) is 32.1 Å². The smallest absolute Gasteiger partial charge is 0.0358 e. The van der Waals surface area contributed by atoms with Crippen LogP contribution in [-0.4, -0.2) is 19.1 Å². The number of rotatable bonds is 2. The summed E-state index contributed by atoms with van der Waals surface area (Å²) < 4.78 is 0. The third-order valence-electron chi connectivity index (χ3n) is 5.40. The van der Waals surface area contributed by atoms with Crippen LogP contribution in [0.3, 0.4) is 0 Å². The molecule has 0 aromatic heterocycles. The Morgan fingerprint density at radius 2 is 1.57 bits per heavy atom. The van der Waals surface area contributed by atoms with Crippen molar-refractivity contribution in [3.8, 4) is 0 Å². The molecule has 3 N–H and O–H groups in total. The first-order valence-electron chi connectivity index (χ1n) is 6.17. The summed E-state index contributed by atoms with van der Waals surface area (Å²) in [6, 6.07) is 0. The fraction of sp³-hybridized carbons (Fsp3) is 1.00. The molecule has 4 bridgehead atoms. The third kappa shape index (κ3) is 0.989. The number of hydrogen-bond acceptors (Lipinski definition) is 2. The lowest BCUT2D eigenvalue weighted by Gasteiger charge is -2.61. The Morgan fingerprint density at radius 1 is 1.07 bits per heavy atom. The molecule has 4 aliphatic rings. The lowest BCUT2D eigenvalue weighted by Crippen LogP contribution is -2.67. The number of nitrogens with one attached hydrogen (secondary N) is 1. The van der Waals surface area contributed by atoms with Crippen LogP contribution < -0.4 is 11.1 Å².